The predicted octanol–water partition coefficient (Wildman–Crippen LogP) is 2.66. The number of rotatable bonds is 7. The first-order chi connectivity index (χ1) is 14.5. The van der Waals surface area contributed by atoms with Crippen LogP contribution in [0.25, 0.3) is 0 Å². The van der Waals surface area contributed by atoms with Gasteiger partial charge in [-0.2, -0.15) is 4.31 Å². The molecule has 0 saturated carbocycles. The maximum atomic E-state index is 13.3. The number of halogens is 2. The molecule has 0 atom stereocenters. The lowest BCUT2D eigenvalue weighted by atomic mass is 9.99. The van der Waals surface area contributed by atoms with E-state index in [1.54, 1.807) is 0 Å². The van der Waals surface area contributed by atoms with Gasteiger partial charge in [0.25, 0.3) is 0 Å². The highest BCUT2D eigenvalue weighted by molar-refractivity contribution is 7.89. The van der Waals surface area contributed by atoms with Gasteiger partial charge >= 0.3 is 0 Å². The summed E-state index contributed by atoms with van der Waals surface area (Å²) in [6.45, 7) is 0.651. The smallest absolute Gasteiger partial charge is 0.243 e. The van der Waals surface area contributed by atoms with Crippen molar-refractivity contribution < 1.29 is 26.0 Å². The average molecular weight is 489 g/mol. The molecule has 1 heterocycles. The Balaban J connectivity index is 1.84. The van der Waals surface area contributed by atoms with E-state index in [9.17, 15) is 26.0 Å². The van der Waals surface area contributed by atoms with Crippen molar-refractivity contribution >= 4 is 37.4 Å². The van der Waals surface area contributed by atoms with Crippen LogP contribution in [-0.2, 0) is 20.0 Å². The molecule has 0 aliphatic carbocycles. The molecule has 31 heavy (non-hydrogen) atoms. The molecule has 7 nitrogen and oxygen atoms in total. The van der Waals surface area contributed by atoms with Crippen LogP contribution in [0.1, 0.15) is 28.8 Å². The van der Waals surface area contributed by atoms with Crippen LogP contribution >= 0.6 is 11.6 Å². The fraction of sp³-hybridized carbons (Fsp3) is 0.350. The van der Waals surface area contributed by atoms with Gasteiger partial charge in [0.05, 0.1) is 11.2 Å². The van der Waals surface area contributed by atoms with Crippen molar-refractivity contribution in [2.75, 3.05) is 25.9 Å². The fourth-order valence-corrected chi connectivity index (χ4v) is 5.77. The summed E-state index contributed by atoms with van der Waals surface area (Å²) in [5, 5.41) is 0.204. The Morgan fingerprint density at radius 2 is 1.71 bits per heavy atom. The van der Waals surface area contributed by atoms with Gasteiger partial charge in [-0.3, -0.25) is 4.79 Å². The molecule has 168 valence electrons. The summed E-state index contributed by atoms with van der Waals surface area (Å²) in [6, 6.07) is 8.82. The first-order valence-electron chi connectivity index (χ1n) is 9.52. The number of carbonyl (C=O) groups is 1. The van der Waals surface area contributed by atoms with E-state index in [-0.39, 0.29) is 46.6 Å². The predicted molar refractivity (Wildman–Crippen MR) is 116 cm³/mol. The Kier molecular flexibility index (Phi) is 7.17. The summed E-state index contributed by atoms with van der Waals surface area (Å²) < 4.78 is 66.1. The molecule has 1 aliphatic rings. The zero-order valence-corrected chi connectivity index (χ0v) is 19.1. The summed E-state index contributed by atoms with van der Waals surface area (Å²) in [6.07, 6.45) is 2.04. The van der Waals surface area contributed by atoms with Gasteiger partial charge in [-0.05, 0) is 61.2 Å². The highest BCUT2D eigenvalue weighted by atomic mass is 35.5. The van der Waals surface area contributed by atoms with Crippen LogP contribution in [0, 0.1) is 11.7 Å². The average Bonchev–Trinajstić information content (AvgIpc) is 2.72. The highest BCUT2D eigenvalue weighted by Gasteiger charge is 2.32. The maximum Gasteiger partial charge on any atom is 0.243 e. The van der Waals surface area contributed by atoms with Gasteiger partial charge < -0.3 is 0 Å². The van der Waals surface area contributed by atoms with Crippen LogP contribution in [-0.4, -0.2) is 52.8 Å². The first-order valence-corrected chi connectivity index (χ1v) is 13.2. The number of carbonyl (C=O) groups excluding carboxylic acids is 1. The third kappa shape index (κ3) is 5.89. The molecule has 3 rings (SSSR count). The second-order valence-electron chi connectivity index (χ2n) is 7.44. The zero-order chi connectivity index (χ0) is 22.8. The molecule has 1 fully saturated rings. The van der Waals surface area contributed by atoms with Crippen LogP contribution in [0.15, 0.2) is 47.4 Å². The van der Waals surface area contributed by atoms with E-state index < -0.39 is 31.6 Å². The van der Waals surface area contributed by atoms with E-state index in [2.05, 4.69) is 4.72 Å². The van der Waals surface area contributed by atoms with Gasteiger partial charge in [-0.1, -0.05) is 11.6 Å². The van der Waals surface area contributed by atoms with E-state index in [1.807, 2.05) is 0 Å². The SMILES string of the molecule is CS(=O)(=O)NCC1CCN(S(=O)(=O)c2ccc(Cl)cc2C(=O)c2ccc(F)cc2)CC1. The van der Waals surface area contributed by atoms with Crippen LogP contribution < -0.4 is 4.72 Å². The topological polar surface area (TPSA) is 101 Å². The molecule has 0 spiro atoms. The molecule has 0 radical (unpaired) electrons. The molecule has 2 aromatic carbocycles. The van der Waals surface area contributed by atoms with E-state index in [0.717, 1.165) is 18.4 Å². The Morgan fingerprint density at radius 3 is 2.29 bits per heavy atom. The fourth-order valence-electron chi connectivity index (χ4n) is 3.42. The minimum Gasteiger partial charge on any atom is -0.289 e. The van der Waals surface area contributed by atoms with Crippen LogP contribution in [0.5, 0.6) is 0 Å². The number of nitrogens with one attached hydrogen (secondary N) is 1. The summed E-state index contributed by atoms with van der Waals surface area (Å²) in [5.74, 6) is -1.07. The number of hydrogen-bond donors (Lipinski definition) is 1. The molecule has 2 aromatic rings. The van der Waals surface area contributed by atoms with Crippen LogP contribution in [0.4, 0.5) is 4.39 Å². The number of ketones is 1. The molecule has 11 heteroatoms. The molecule has 1 saturated heterocycles. The lowest BCUT2D eigenvalue weighted by Crippen LogP contribution is -2.41. The van der Waals surface area contributed by atoms with Gasteiger partial charge in [0, 0.05) is 35.8 Å². The first kappa shape index (κ1) is 23.8. The van der Waals surface area contributed by atoms with E-state index >= 15 is 0 Å². The van der Waals surface area contributed by atoms with Crippen LogP contribution in [0.3, 0.4) is 0 Å². The summed E-state index contributed by atoms with van der Waals surface area (Å²) >= 11 is 6.02. The van der Waals surface area contributed by atoms with Crippen molar-refractivity contribution in [3.8, 4) is 0 Å². The molecule has 0 unspecified atom stereocenters. The van der Waals surface area contributed by atoms with Crippen LogP contribution in [0.2, 0.25) is 5.02 Å². The van der Waals surface area contributed by atoms with Gasteiger partial charge in [0.1, 0.15) is 5.82 Å². The second-order valence-corrected chi connectivity index (χ2v) is 11.6. The minimum atomic E-state index is -4.00. The highest BCUT2D eigenvalue weighted by Crippen LogP contribution is 2.29. The molecule has 0 bridgehead atoms. The molecule has 0 amide bonds. The lowest BCUT2D eigenvalue weighted by molar-refractivity contribution is 0.103. The van der Waals surface area contributed by atoms with Gasteiger partial charge in [0.2, 0.25) is 20.0 Å². The van der Waals surface area contributed by atoms with Crippen molar-refractivity contribution in [2.45, 2.75) is 17.7 Å². The van der Waals surface area contributed by atoms with Gasteiger partial charge in [-0.25, -0.2) is 25.9 Å². The molecular weight excluding hydrogens is 467 g/mol. The van der Waals surface area contributed by atoms with Crippen molar-refractivity contribution in [3.05, 3.63) is 64.4 Å². The zero-order valence-electron chi connectivity index (χ0n) is 16.7. The Hall–Kier alpha value is -1.85. The number of benzene rings is 2. The molecule has 0 aromatic heterocycles. The Labute approximate surface area is 186 Å². The van der Waals surface area contributed by atoms with Crippen molar-refractivity contribution in [2.24, 2.45) is 5.92 Å². The monoisotopic (exact) mass is 488 g/mol. The van der Waals surface area contributed by atoms with Crippen molar-refractivity contribution in [3.63, 3.8) is 0 Å². The number of nitrogens with zero attached hydrogens (tertiary/aromatic N) is 1. The number of piperidine rings is 1. The van der Waals surface area contributed by atoms with Gasteiger partial charge in [-0.15, -0.1) is 0 Å². The second kappa shape index (κ2) is 9.33. The Morgan fingerprint density at radius 1 is 1.10 bits per heavy atom. The largest absolute Gasteiger partial charge is 0.289 e. The minimum absolute atomic E-state index is 0.0201. The van der Waals surface area contributed by atoms with Gasteiger partial charge in [0.15, 0.2) is 5.78 Å². The summed E-state index contributed by atoms with van der Waals surface area (Å²) in [7, 11) is -7.31. The Bertz CT molecular complexity index is 1180. The summed E-state index contributed by atoms with van der Waals surface area (Å²) in [5.41, 5.74) is 0.0608. The molecule has 1 N–H and O–H groups in total. The van der Waals surface area contributed by atoms with E-state index in [1.165, 1.54) is 34.6 Å². The van der Waals surface area contributed by atoms with E-state index in [0.29, 0.717) is 12.8 Å². The molecular formula is C20H22ClFN2O5S2. The number of sulfonamides is 2. The van der Waals surface area contributed by atoms with Crippen molar-refractivity contribution in [1.29, 1.82) is 0 Å². The standard InChI is InChI=1S/C20H22ClFN2O5S2/c1-30(26,27)23-13-14-8-10-24(11-9-14)31(28,29)19-7-4-16(21)12-18(19)20(25)15-2-5-17(22)6-3-15/h2-7,12,14,23H,8-11,13H2,1H3. The quantitative estimate of drug-likeness (QED) is 0.604. The normalized spacial score (nSPS) is 16.4. The molecule has 1 aliphatic heterocycles. The third-order valence-corrected chi connectivity index (χ3v) is 8.00. The lowest BCUT2D eigenvalue weighted by Gasteiger charge is -2.31. The third-order valence-electron chi connectivity index (χ3n) is 5.12. The number of hydrogen-bond acceptors (Lipinski definition) is 5. The van der Waals surface area contributed by atoms with Crippen molar-refractivity contribution in [1.82, 2.24) is 9.03 Å². The van der Waals surface area contributed by atoms with E-state index in [4.69, 9.17) is 11.6 Å². The maximum absolute atomic E-state index is 13.3. The summed E-state index contributed by atoms with van der Waals surface area (Å²) in [4.78, 5) is 12.8.